The summed E-state index contributed by atoms with van der Waals surface area (Å²) in [7, 11) is 1.82. The van der Waals surface area contributed by atoms with Gasteiger partial charge in [-0.1, -0.05) is 0 Å². The van der Waals surface area contributed by atoms with E-state index in [2.05, 4.69) is 15.3 Å². The molecule has 0 bridgehead atoms. The highest BCUT2D eigenvalue weighted by Gasteiger charge is 2.48. The van der Waals surface area contributed by atoms with E-state index >= 15 is 0 Å². The van der Waals surface area contributed by atoms with E-state index in [-0.39, 0.29) is 18.4 Å². The normalized spacial score (nSPS) is 20.7. The third-order valence-electron chi connectivity index (χ3n) is 10.0. The number of hydrogen-bond acceptors (Lipinski definition) is 11. The largest absolute Gasteiger partial charge is 0.482 e. The number of benzene rings is 1. The van der Waals surface area contributed by atoms with Crippen LogP contribution in [0.5, 0.6) is 5.75 Å². The molecule has 1 aromatic carbocycles. The monoisotopic (exact) mass is 705 g/mol. The van der Waals surface area contributed by atoms with E-state index in [1.54, 1.807) is 42.1 Å². The van der Waals surface area contributed by atoms with E-state index in [9.17, 15) is 30.3 Å². The Hall–Kier alpha value is -4.45. The Morgan fingerprint density at radius 3 is 2.69 bits per heavy atom. The fraction of sp³-hybridized carbons (Fsp3) is 0.417. The Labute approximate surface area is 291 Å². The number of hydrogen-bond donors (Lipinski definition) is 8. The lowest BCUT2D eigenvalue weighted by Crippen LogP contribution is -2.61. The van der Waals surface area contributed by atoms with Crippen molar-refractivity contribution in [3.63, 3.8) is 0 Å². The van der Waals surface area contributed by atoms with Crippen LogP contribution in [0.3, 0.4) is 0 Å². The van der Waals surface area contributed by atoms with E-state index in [4.69, 9.17) is 18.9 Å². The number of aryl methyl sites for hydroxylation is 1. The van der Waals surface area contributed by atoms with Crippen LogP contribution in [0.1, 0.15) is 24.7 Å². The van der Waals surface area contributed by atoms with Gasteiger partial charge < -0.3 is 59.1 Å². The van der Waals surface area contributed by atoms with Gasteiger partial charge in [-0.3, -0.25) is 4.79 Å². The van der Waals surface area contributed by atoms with Gasteiger partial charge in [0.25, 0.3) is 0 Å². The van der Waals surface area contributed by atoms with Crippen molar-refractivity contribution in [2.75, 3.05) is 26.8 Å². The van der Waals surface area contributed by atoms with Gasteiger partial charge in [0, 0.05) is 60.8 Å². The quantitative estimate of drug-likeness (QED) is 0.0605. The predicted octanol–water partition coefficient (Wildman–Crippen LogP) is 1.78. The van der Waals surface area contributed by atoms with E-state index in [1.165, 1.54) is 6.07 Å². The topological polar surface area (TPSA) is 213 Å². The molecule has 5 aromatic heterocycles. The van der Waals surface area contributed by atoms with Crippen LogP contribution in [0.25, 0.3) is 38.6 Å². The summed E-state index contributed by atoms with van der Waals surface area (Å²) < 4.78 is 16.5. The number of aromatic nitrogens is 4. The lowest BCUT2D eigenvalue weighted by Gasteiger charge is -2.42. The third kappa shape index (κ3) is 6.25. The molecule has 0 aliphatic carbocycles. The molecule has 0 saturated carbocycles. The van der Waals surface area contributed by atoms with E-state index < -0.39 is 48.8 Å². The lowest BCUT2D eigenvalue weighted by atomic mass is 9.86. The number of H-pyrrole nitrogens is 2. The fourth-order valence-corrected chi connectivity index (χ4v) is 7.01. The van der Waals surface area contributed by atoms with Gasteiger partial charge >= 0.3 is 0 Å². The molecule has 6 heterocycles. The van der Waals surface area contributed by atoms with Crippen molar-refractivity contribution >= 4 is 32.9 Å². The smallest absolute Gasteiger partial charge is 0.193 e. The molecule has 0 amide bonds. The summed E-state index contributed by atoms with van der Waals surface area (Å²) in [6.07, 6.45) is 3.51. The zero-order valence-corrected chi connectivity index (χ0v) is 28.5. The zero-order chi connectivity index (χ0) is 36.1. The average molecular weight is 706 g/mol. The molecule has 51 heavy (non-hydrogen) atoms. The van der Waals surface area contributed by atoms with Gasteiger partial charge in [0.1, 0.15) is 53.7 Å². The summed E-state index contributed by atoms with van der Waals surface area (Å²) in [6, 6.07) is 8.65. The number of ether oxygens (including phenoxy) is 1. The molecule has 1 aliphatic heterocycles. The minimum atomic E-state index is -2.37. The van der Waals surface area contributed by atoms with Gasteiger partial charge in [0.15, 0.2) is 16.8 Å². The Morgan fingerprint density at radius 1 is 1.14 bits per heavy atom. The van der Waals surface area contributed by atoms with Crippen LogP contribution < -0.4 is 15.5 Å². The molecule has 6 aromatic rings. The van der Waals surface area contributed by atoms with Crippen molar-refractivity contribution in [1.82, 2.24) is 24.4 Å². The summed E-state index contributed by atoms with van der Waals surface area (Å²) in [6.45, 7) is 2.34. The van der Waals surface area contributed by atoms with Gasteiger partial charge in [0.2, 0.25) is 0 Å². The first-order valence-corrected chi connectivity index (χ1v) is 16.8. The van der Waals surface area contributed by atoms with Crippen LogP contribution in [-0.4, -0.2) is 107 Å². The molecule has 0 fully saturated rings. The van der Waals surface area contributed by atoms with Crippen molar-refractivity contribution in [2.45, 2.75) is 68.9 Å². The van der Waals surface area contributed by atoms with Crippen LogP contribution in [0.15, 0.2) is 70.5 Å². The number of nitrogens with zero attached hydrogens (tertiary/aromatic N) is 2. The second-order valence-corrected chi connectivity index (χ2v) is 13.6. The second kappa shape index (κ2) is 13.6. The van der Waals surface area contributed by atoms with Crippen LogP contribution in [-0.2, 0) is 22.7 Å². The number of aromatic amines is 2. The summed E-state index contributed by atoms with van der Waals surface area (Å²) >= 11 is 0. The van der Waals surface area contributed by atoms with Crippen LogP contribution in [0, 0.1) is 6.92 Å². The van der Waals surface area contributed by atoms with Crippen molar-refractivity contribution in [3.05, 3.63) is 82.9 Å². The lowest BCUT2D eigenvalue weighted by molar-refractivity contribution is -0.365. The minimum Gasteiger partial charge on any atom is -0.482 e. The number of aliphatic hydroxyl groups excluding tert-OH is 4. The van der Waals surface area contributed by atoms with E-state index in [0.29, 0.717) is 52.2 Å². The number of aliphatic hydroxyl groups is 5. The Kier molecular flexibility index (Phi) is 9.32. The SMILES string of the molecule is CNCC[C@]1(C)Oc2c(cc3c(=O)cc(C)oc3c2-n2cc3cc[nH]c3c2)C[C@H]1OOC[C@H](O)[C@](O)(Cn1ccc2[nH]ccc21)[C@H](O)[C@H](O)CO. The van der Waals surface area contributed by atoms with E-state index in [1.807, 2.05) is 43.2 Å². The Bertz CT molecular complexity index is 2190. The Balaban J connectivity index is 1.20. The second-order valence-electron chi connectivity index (χ2n) is 13.6. The molecule has 0 unspecified atom stereocenters. The maximum atomic E-state index is 13.3. The molecule has 15 nitrogen and oxygen atoms in total. The molecular formula is C36H43N5O10. The van der Waals surface area contributed by atoms with E-state index in [0.717, 1.165) is 16.4 Å². The molecule has 6 atom stereocenters. The summed E-state index contributed by atoms with van der Waals surface area (Å²) in [5.41, 5.74) is 0.381. The molecule has 15 heteroatoms. The third-order valence-corrected chi connectivity index (χ3v) is 10.0. The maximum absolute atomic E-state index is 13.3. The summed E-state index contributed by atoms with van der Waals surface area (Å²) in [5, 5.41) is 58.3. The first-order chi connectivity index (χ1) is 24.5. The molecular weight excluding hydrogens is 662 g/mol. The molecule has 0 saturated heterocycles. The van der Waals surface area contributed by atoms with Crippen molar-refractivity contribution in [2.24, 2.45) is 0 Å². The van der Waals surface area contributed by atoms with Crippen LogP contribution in [0.2, 0.25) is 0 Å². The zero-order valence-electron chi connectivity index (χ0n) is 28.5. The standard InChI is InChI=1S/C36H43N5O10/c1-20-12-27(43)23-13-22-14-30(35(2,7-10-37-3)50-32(22)31(33(23)49-20)41-15-21-4-8-39-25(21)16-41)51-48-18-29(45)36(47,34(46)28(44)17-42)19-40-11-6-24-26(40)5-9-38-24/h4-6,8-9,11-13,15-16,28-30,34,37-39,42,44-47H,7,10,14,17-19H2,1-3H3/t28-,29+,30-,34-,35+,36-/m1/s1. The highest BCUT2D eigenvalue weighted by Crippen LogP contribution is 2.44. The van der Waals surface area contributed by atoms with Crippen molar-refractivity contribution < 1.29 is 44.5 Å². The number of rotatable bonds is 14. The van der Waals surface area contributed by atoms with Crippen molar-refractivity contribution in [3.8, 4) is 11.4 Å². The van der Waals surface area contributed by atoms with Gasteiger partial charge in [-0.15, -0.1) is 0 Å². The van der Waals surface area contributed by atoms with Gasteiger partial charge in [-0.05, 0) is 51.7 Å². The minimum absolute atomic E-state index is 0.210. The van der Waals surface area contributed by atoms with Gasteiger partial charge in [-0.2, -0.15) is 0 Å². The highest BCUT2D eigenvalue weighted by molar-refractivity contribution is 5.91. The van der Waals surface area contributed by atoms with Gasteiger partial charge in [-0.25, -0.2) is 9.78 Å². The molecule has 0 spiro atoms. The fourth-order valence-electron chi connectivity index (χ4n) is 7.01. The number of fused-ring (bicyclic) bond motifs is 4. The number of nitrogens with one attached hydrogen (secondary N) is 3. The van der Waals surface area contributed by atoms with Crippen LogP contribution >= 0.6 is 0 Å². The average Bonchev–Trinajstić information content (AvgIpc) is 3.90. The van der Waals surface area contributed by atoms with Crippen molar-refractivity contribution in [1.29, 1.82) is 0 Å². The predicted molar refractivity (Wildman–Crippen MR) is 187 cm³/mol. The molecule has 272 valence electrons. The molecule has 8 N–H and O–H groups in total. The van der Waals surface area contributed by atoms with Crippen LogP contribution in [0.4, 0.5) is 0 Å². The Morgan fingerprint density at radius 2 is 1.92 bits per heavy atom. The summed E-state index contributed by atoms with van der Waals surface area (Å²) in [5.74, 6) is 0.977. The molecule has 1 aliphatic rings. The first kappa shape index (κ1) is 35.0. The maximum Gasteiger partial charge on any atom is 0.193 e. The summed E-state index contributed by atoms with van der Waals surface area (Å²) in [4.78, 5) is 31.1. The molecule has 0 radical (unpaired) electrons. The van der Waals surface area contributed by atoms with Gasteiger partial charge in [0.05, 0.1) is 35.1 Å². The first-order valence-electron chi connectivity index (χ1n) is 16.8. The molecule has 7 rings (SSSR count). The highest BCUT2D eigenvalue weighted by atomic mass is 17.2.